The molecule has 108 valence electrons. The fourth-order valence-corrected chi connectivity index (χ4v) is 3.55. The lowest BCUT2D eigenvalue weighted by Gasteiger charge is -2.09. The molecule has 0 radical (unpaired) electrons. The molecule has 1 heterocycles. The lowest BCUT2D eigenvalue weighted by Crippen LogP contribution is -2.13. The molecule has 2 aromatic carbocycles. The van der Waals surface area contributed by atoms with E-state index in [1.54, 1.807) is 37.3 Å². The van der Waals surface area contributed by atoms with E-state index in [4.69, 9.17) is 16.0 Å². The lowest BCUT2D eigenvalue weighted by atomic mass is 10.3. The highest BCUT2D eigenvalue weighted by Gasteiger charge is 2.17. The molecule has 0 amide bonds. The van der Waals surface area contributed by atoms with E-state index in [-0.39, 0.29) is 9.92 Å². The van der Waals surface area contributed by atoms with Gasteiger partial charge >= 0.3 is 0 Å². The van der Waals surface area contributed by atoms with E-state index in [0.29, 0.717) is 22.7 Å². The molecule has 0 unspecified atom stereocenters. The monoisotopic (exact) mass is 322 g/mol. The quantitative estimate of drug-likeness (QED) is 0.799. The van der Waals surface area contributed by atoms with Gasteiger partial charge < -0.3 is 4.42 Å². The van der Waals surface area contributed by atoms with Crippen LogP contribution in [0.15, 0.2) is 51.8 Å². The van der Waals surface area contributed by atoms with Crippen molar-refractivity contribution >= 4 is 38.4 Å². The van der Waals surface area contributed by atoms with E-state index in [9.17, 15) is 8.42 Å². The van der Waals surface area contributed by atoms with Crippen molar-refractivity contribution in [3.63, 3.8) is 0 Å². The maximum absolute atomic E-state index is 12.3. The Kier molecular flexibility index (Phi) is 3.35. The molecule has 5 nitrogen and oxygen atoms in total. The third-order valence-corrected chi connectivity index (χ3v) is 4.75. The first-order valence-corrected chi connectivity index (χ1v) is 7.96. The number of rotatable bonds is 3. The molecule has 0 saturated heterocycles. The highest BCUT2D eigenvalue weighted by molar-refractivity contribution is 7.92. The van der Waals surface area contributed by atoms with E-state index in [1.165, 1.54) is 12.1 Å². The maximum Gasteiger partial charge on any atom is 0.263 e. The van der Waals surface area contributed by atoms with E-state index >= 15 is 0 Å². The highest BCUT2D eigenvalue weighted by Crippen LogP contribution is 2.25. The summed E-state index contributed by atoms with van der Waals surface area (Å²) in [5, 5.41) is 0.170. The molecule has 7 heteroatoms. The highest BCUT2D eigenvalue weighted by atomic mass is 35.5. The van der Waals surface area contributed by atoms with Crippen molar-refractivity contribution in [3.05, 3.63) is 53.4 Å². The average Bonchev–Trinajstić information content (AvgIpc) is 2.78. The number of nitrogens with zero attached hydrogens (tertiary/aromatic N) is 1. The summed E-state index contributed by atoms with van der Waals surface area (Å²) in [5.74, 6) is 0.524. The molecule has 0 fully saturated rings. The number of benzene rings is 2. The van der Waals surface area contributed by atoms with Crippen molar-refractivity contribution in [2.45, 2.75) is 11.8 Å². The van der Waals surface area contributed by atoms with Crippen LogP contribution in [0, 0.1) is 6.92 Å². The molecule has 21 heavy (non-hydrogen) atoms. The summed E-state index contributed by atoms with van der Waals surface area (Å²) in [5.41, 5.74) is 1.59. The molecule has 1 aromatic heterocycles. The van der Waals surface area contributed by atoms with Crippen LogP contribution >= 0.6 is 11.6 Å². The number of anilines is 1. The molecule has 0 aliphatic carbocycles. The first-order chi connectivity index (χ1) is 9.95. The van der Waals surface area contributed by atoms with Gasteiger partial charge in [-0.1, -0.05) is 23.7 Å². The predicted octanol–water partition coefficient (Wildman–Crippen LogP) is 3.59. The van der Waals surface area contributed by atoms with Crippen LogP contribution in [0.3, 0.4) is 0 Å². The Labute approximate surface area is 126 Å². The number of aromatic nitrogens is 1. The van der Waals surface area contributed by atoms with E-state index in [2.05, 4.69) is 9.71 Å². The molecule has 3 aromatic rings. The maximum atomic E-state index is 12.3. The van der Waals surface area contributed by atoms with Gasteiger partial charge in [0.1, 0.15) is 10.4 Å². The molecule has 0 atom stereocenters. The van der Waals surface area contributed by atoms with Crippen LogP contribution in [0.2, 0.25) is 5.02 Å². The molecule has 0 spiro atoms. The second-order valence-electron chi connectivity index (χ2n) is 4.45. The predicted molar refractivity (Wildman–Crippen MR) is 81.0 cm³/mol. The first-order valence-electron chi connectivity index (χ1n) is 6.10. The summed E-state index contributed by atoms with van der Waals surface area (Å²) in [6.07, 6.45) is 0. The molecule has 3 rings (SSSR count). The first kappa shape index (κ1) is 13.9. The van der Waals surface area contributed by atoms with Crippen molar-refractivity contribution in [3.8, 4) is 0 Å². The van der Waals surface area contributed by atoms with Gasteiger partial charge in [0.2, 0.25) is 0 Å². The Balaban J connectivity index is 1.99. The van der Waals surface area contributed by atoms with Crippen molar-refractivity contribution in [1.29, 1.82) is 0 Å². The summed E-state index contributed by atoms with van der Waals surface area (Å²) in [4.78, 5) is 4.20. The summed E-state index contributed by atoms with van der Waals surface area (Å²) >= 11 is 5.93. The van der Waals surface area contributed by atoms with Crippen LogP contribution in [-0.4, -0.2) is 13.4 Å². The minimum absolute atomic E-state index is 0.0306. The smallest absolute Gasteiger partial charge is 0.263 e. The van der Waals surface area contributed by atoms with Gasteiger partial charge in [0, 0.05) is 6.92 Å². The number of oxazole rings is 1. The zero-order valence-corrected chi connectivity index (χ0v) is 12.6. The van der Waals surface area contributed by atoms with E-state index in [1.807, 2.05) is 0 Å². The number of hydrogen-bond acceptors (Lipinski definition) is 4. The summed E-state index contributed by atoms with van der Waals surface area (Å²) in [7, 11) is -3.75. The van der Waals surface area contributed by atoms with Crippen molar-refractivity contribution in [2.75, 3.05) is 4.72 Å². The molecule has 0 aliphatic heterocycles. The number of halogens is 1. The van der Waals surface area contributed by atoms with Crippen LogP contribution in [0.1, 0.15) is 5.89 Å². The zero-order valence-electron chi connectivity index (χ0n) is 11.0. The number of hydrogen-bond donors (Lipinski definition) is 1. The molecular weight excluding hydrogens is 312 g/mol. The number of fused-ring (bicyclic) bond motifs is 1. The number of nitrogens with one attached hydrogen (secondary N) is 1. The molecule has 0 aliphatic rings. The van der Waals surface area contributed by atoms with Gasteiger partial charge in [0.15, 0.2) is 11.5 Å². The van der Waals surface area contributed by atoms with Gasteiger partial charge in [-0.3, -0.25) is 4.72 Å². The third kappa shape index (κ3) is 2.72. The average molecular weight is 323 g/mol. The summed E-state index contributed by atoms with van der Waals surface area (Å²) in [6.45, 7) is 1.73. The number of aryl methyl sites for hydroxylation is 1. The SMILES string of the molecule is Cc1nc2cc(NS(=O)(=O)c3ccccc3Cl)ccc2o1. The summed E-state index contributed by atoms with van der Waals surface area (Å²) in [6, 6.07) is 11.2. The Hall–Kier alpha value is -2.05. The second-order valence-corrected chi connectivity index (χ2v) is 6.51. The normalized spacial score (nSPS) is 11.7. The molecule has 0 bridgehead atoms. The van der Waals surface area contributed by atoms with Crippen LogP contribution in [-0.2, 0) is 10.0 Å². The fraction of sp³-hybridized carbons (Fsp3) is 0.0714. The van der Waals surface area contributed by atoms with Gasteiger partial charge in [-0.25, -0.2) is 13.4 Å². The van der Waals surface area contributed by atoms with Gasteiger partial charge in [-0.05, 0) is 30.3 Å². The zero-order chi connectivity index (χ0) is 15.0. The van der Waals surface area contributed by atoms with Gasteiger partial charge in [-0.2, -0.15) is 0 Å². The van der Waals surface area contributed by atoms with Crippen LogP contribution < -0.4 is 4.72 Å². The van der Waals surface area contributed by atoms with E-state index in [0.717, 1.165) is 0 Å². The number of sulfonamides is 1. The van der Waals surface area contributed by atoms with Crippen molar-refractivity contribution in [2.24, 2.45) is 0 Å². The van der Waals surface area contributed by atoms with Gasteiger partial charge in [-0.15, -0.1) is 0 Å². The van der Waals surface area contributed by atoms with Crippen LogP contribution in [0.25, 0.3) is 11.1 Å². The minimum Gasteiger partial charge on any atom is -0.441 e. The molecule has 0 saturated carbocycles. The second kappa shape index (κ2) is 5.05. The topological polar surface area (TPSA) is 72.2 Å². The Morgan fingerprint density at radius 2 is 1.95 bits per heavy atom. The summed E-state index contributed by atoms with van der Waals surface area (Å²) < 4.78 is 32.5. The van der Waals surface area contributed by atoms with Crippen molar-refractivity contribution in [1.82, 2.24) is 4.98 Å². The van der Waals surface area contributed by atoms with Gasteiger partial charge in [0.25, 0.3) is 10.0 Å². The van der Waals surface area contributed by atoms with Crippen LogP contribution in [0.5, 0.6) is 0 Å². The minimum atomic E-state index is -3.75. The third-order valence-electron chi connectivity index (χ3n) is 2.87. The molecule has 1 N–H and O–H groups in total. The lowest BCUT2D eigenvalue weighted by molar-refractivity contribution is 0.561. The van der Waals surface area contributed by atoms with Gasteiger partial charge in [0.05, 0.1) is 10.7 Å². The van der Waals surface area contributed by atoms with Crippen LogP contribution in [0.4, 0.5) is 5.69 Å². The Morgan fingerprint density at radius 3 is 2.71 bits per heavy atom. The largest absolute Gasteiger partial charge is 0.441 e. The Bertz CT molecular complexity index is 919. The van der Waals surface area contributed by atoms with Crippen molar-refractivity contribution < 1.29 is 12.8 Å². The standard InChI is InChI=1S/C14H11ClN2O3S/c1-9-16-12-8-10(6-7-13(12)20-9)17-21(18,19)14-5-3-2-4-11(14)15/h2-8,17H,1H3. The Morgan fingerprint density at radius 1 is 1.19 bits per heavy atom. The molecular formula is C14H11ClN2O3S. The fourth-order valence-electron chi connectivity index (χ4n) is 1.98. The van der Waals surface area contributed by atoms with E-state index < -0.39 is 10.0 Å².